The second-order valence-corrected chi connectivity index (χ2v) is 7.39. The van der Waals surface area contributed by atoms with Crippen LogP contribution in [0.3, 0.4) is 0 Å². The standard InChI is InChI=1S/C18H27N5O/c1-12-7-9-13(10-8-12)16(22(5)6)17-20-15(11-14(19)24)21-23(17)18(2,3)4/h7-10,16H,11H2,1-6H3,(H2,19,24). The van der Waals surface area contributed by atoms with Crippen LogP contribution in [0, 0.1) is 6.92 Å². The minimum Gasteiger partial charge on any atom is -0.369 e. The monoisotopic (exact) mass is 329 g/mol. The van der Waals surface area contributed by atoms with E-state index in [1.54, 1.807) is 0 Å². The van der Waals surface area contributed by atoms with E-state index in [4.69, 9.17) is 5.73 Å². The fourth-order valence-electron chi connectivity index (χ4n) is 2.70. The van der Waals surface area contributed by atoms with Gasteiger partial charge in [-0.3, -0.25) is 9.69 Å². The van der Waals surface area contributed by atoms with Gasteiger partial charge in [-0.05, 0) is 47.4 Å². The molecule has 0 aliphatic heterocycles. The van der Waals surface area contributed by atoms with Gasteiger partial charge in [-0.2, -0.15) is 5.10 Å². The van der Waals surface area contributed by atoms with Crippen LogP contribution < -0.4 is 5.73 Å². The summed E-state index contributed by atoms with van der Waals surface area (Å²) in [5.74, 6) is 0.850. The SMILES string of the molecule is Cc1ccc(C(c2nc(CC(N)=O)nn2C(C)(C)C)N(C)C)cc1. The summed E-state index contributed by atoms with van der Waals surface area (Å²) in [6.07, 6.45) is 0.0458. The average Bonchev–Trinajstić information content (AvgIpc) is 2.83. The number of carbonyl (C=O) groups is 1. The second kappa shape index (κ2) is 6.73. The van der Waals surface area contributed by atoms with Gasteiger partial charge in [0.1, 0.15) is 5.82 Å². The Morgan fingerprint density at radius 1 is 1.25 bits per heavy atom. The topological polar surface area (TPSA) is 77.0 Å². The zero-order valence-corrected chi connectivity index (χ0v) is 15.4. The average molecular weight is 329 g/mol. The first-order valence-electron chi connectivity index (χ1n) is 8.07. The lowest BCUT2D eigenvalue weighted by Gasteiger charge is -2.29. The van der Waals surface area contributed by atoms with Gasteiger partial charge >= 0.3 is 0 Å². The Hall–Kier alpha value is -2.21. The highest BCUT2D eigenvalue weighted by Crippen LogP contribution is 2.29. The summed E-state index contributed by atoms with van der Waals surface area (Å²) in [4.78, 5) is 18.0. The third-order valence-electron chi connectivity index (χ3n) is 3.80. The number of benzene rings is 1. The van der Waals surface area contributed by atoms with Crippen LogP contribution in [0.1, 0.15) is 49.6 Å². The van der Waals surface area contributed by atoms with Gasteiger partial charge in [0.05, 0.1) is 18.0 Å². The van der Waals surface area contributed by atoms with Crippen molar-refractivity contribution in [2.75, 3.05) is 14.1 Å². The van der Waals surface area contributed by atoms with Gasteiger partial charge in [0.2, 0.25) is 5.91 Å². The zero-order valence-electron chi connectivity index (χ0n) is 15.4. The number of hydrogen-bond donors (Lipinski definition) is 1. The molecule has 1 aromatic carbocycles. The number of hydrogen-bond acceptors (Lipinski definition) is 4. The summed E-state index contributed by atoms with van der Waals surface area (Å²) in [5.41, 5.74) is 7.41. The molecule has 0 bridgehead atoms. The van der Waals surface area contributed by atoms with Crippen LogP contribution in [0.5, 0.6) is 0 Å². The quantitative estimate of drug-likeness (QED) is 0.910. The first-order valence-corrected chi connectivity index (χ1v) is 8.07. The smallest absolute Gasteiger partial charge is 0.225 e. The number of amides is 1. The molecule has 2 aromatic rings. The number of aryl methyl sites for hydroxylation is 1. The molecule has 24 heavy (non-hydrogen) atoms. The maximum absolute atomic E-state index is 11.3. The van der Waals surface area contributed by atoms with Crippen LogP contribution in [-0.2, 0) is 16.8 Å². The summed E-state index contributed by atoms with van der Waals surface area (Å²) in [7, 11) is 4.03. The van der Waals surface area contributed by atoms with Crippen molar-refractivity contribution in [1.82, 2.24) is 19.7 Å². The van der Waals surface area contributed by atoms with Gasteiger partial charge < -0.3 is 5.73 Å². The van der Waals surface area contributed by atoms with Crippen molar-refractivity contribution in [1.29, 1.82) is 0 Å². The lowest BCUT2D eigenvalue weighted by Crippen LogP contribution is -2.31. The summed E-state index contributed by atoms with van der Waals surface area (Å²) in [6, 6.07) is 8.34. The number of aromatic nitrogens is 3. The summed E-state index contributed by atoms with van der Waals surface area (Å²) in [6.45, 7) is 8.28. The van der Waals surface area contributed by atoms with Gasteiger partial charge in [-0.25, -0.2) is 9.67 Å². The lowest BCUT2D eigenvalue weighted by atomic mass is 10.0. The van der Waals surface area contributed by atoms with Gasteiger partial charge in [-0.1, -0.05) is 29.8 Å². The molecule has 0 aliphatic rings. The van der Waals surface area contributed by atoms with Crippen LogP contribution in [0.25, 0.3) is 0 Å². The van der Waals surface area contributed by atoms with E-state index < -0.39 is 5.91 Å². The van der Waals surface area contributed by atoms with E-state index in [-0.39, 0.29) is 18.0 Å². The third kappa shape index (κ3) is 4.00. The van der Waals surface area contributed by atoms with Crippen molar-refractivity contribution in [3.8, 4) is 0 Å². The highest BCUT2D eigenvalue weighted by atomic mass is 16.1. The van der Waals surface area contributed by atoms with Gasteiger partial charge in [0.25, 0.3) is 0 Å². The maximum Gasteiger partial charge on any atom is 0.225 e. The number of carbonyl (C=O) groups excluding carboxylic acids is 1. The Bertz CT molecular complexity index is 710. The predicted octanol–water partition coefficient (Wildman–Crippen LogP) is 2.02. The Balaban J connectivity index is 2.58. The van der Waals surface area contributed by atoms with Crippen LogP contribution >= 0.6 is 0 Å². The van der Waals surface area contributed by atoms with E-state index in [0.717, 1.165) is 11.4 Å². The molecule has 0 saturated carbocycles. The van der Waals surface area contributed by atoms with Crippen molar-refractivity contribution in [3.05, 3.63) is 47.0 Å². The maximum atomic E-state index is 11.3. The molecular weight excluding hydrogens is 302 g/mol. The van der Waals surface area contributed by atoms with Crippen molar-refractivity contribution < 1.29 is 4.79 Å². The van der Waals surface area contributed by atoms with Crippen molar-refractivity contribution in [2.24, 2.45) is 5.73 Å². The normalized spacial score (nSPS) is 13.3. The van der Waals surface area contributed by atoms with Crippen molar-refractivity contribution >= 4 is 5.91 Å². The Labute approximate surface area is 143 Å². The molecule has 0 radical (unpaired) electrons. The summed E-state index contributed by atoms with van der Waals surface area (Å²) in [5, 5.41) is 4.55. The molecule has 2 N–H and O–H groups in total. The molecule has 0 saturated heterocycles. The first-order chi connectivity index (χ1) is 11.1. The van der Waals surface area contributed by atoms with Gasteiger partial charge in [0, 0.05) is 0 Å². The van der Waals surface area contributed by atoms with Gasteiger partial charge in [0.15, 0.2) is 5.82 Å². The van der Waals surface area contributed by atoms with Crippen LogP contribution in [-0.4, -0.2) is 39.7 Å². The van der Waals surface area contributed by atoms with Crippen molar-refractivity contribution in [3.63, 3.8) is 0 Å². The summed E-state index contributed by atoms with van der Waals surface area (Å²) >= 11 is 0. The molecule has 0 aliphatic carbocycles. The Morgan fingerprint density at radius 2 is 1.83 bits per heavy atom. The molecule has 1 amide bonds. The minimum absolute atomic E-state index is 0.0458. The van der Waals surface area contributed by atoms with Crippen LogP contribution in [0.2, 0.25) is 0 Å². The molecule has 130 valence electrons. The fraction of sp³-hybridized carbons (Fsp3) is 0.500. The molecule has 0 fully saturated rings. The van der Waals surface area contributed by atoms with Crippen LogP contribution in [0.15, 0.2) is 24.3 Å². The minimum atomic E-state index is -0.427. The Morgan fingerprint density at radius 3 is 2.29 bits per heavy atom. The lowest BCUT2D eigenvalue weighted by molar-refractivity contribution is -0.117. The number of nitrogens with two attached hydrogens (primary N) is 1. The molecular formula is C18H27N5O. The van der Waals surface area contributed by atoms with E-state index in [9.17, 15) is 4.79 Å². The third-order valence-corrected chi connectivity index (χ3v) is 3.80. The molecule has 1 heterocycles. The fourth-order valence-corrected chi connectivity index (χ4v) is 2.70. The zero-order chi connectivity index (χ0) is 18.1. The van der Waals surface area contributed by atoms with Crippen LogP contribution in [0.4, 0.5) is 0 Å². The van der Waals surface area contributed by atoms with Crippen molar-refractivity contribution in [2.45, 2.75) is 45.7 Å². The van der Waals surface area contributed by atoms with E-state index in [2.05, 4.69) is 66.9 Å². The Kier molecular flexibility index (Phi) is 5.08. The molecule has 0 spiro atoms. The summed E-state index contributed by atoms with van der Waals surface area (Å²) < 4.78 is 1.90. The molecule has 1 atom stereocenters. The molecule has 6 heteroatoms. The molecule has 2 rings (SSSR count). The van der Waals surface area contributed by atoms with E-state index in [0.29, 0.717) is 5.82 Å². The number of nitrogens with zero attached hydrogens (tertiary/aromatic N) is 4. The van der Waals surface area contributed by atoms with E-state index >= 15 is 0 Å². The number of rotatable bonds is 5. The number of primary amides is 1. The van der Waals surface area contributed by atoms with E-state index in [1.165, 1.54) is 5.56 Å². The predicted molar refractivity (Wildman–Crippen MR) is 94.6 cm³/mol. The second-order valence-electron chi connectivity index (χ2n) is 7.39. The largest absolute Gasteiger partial charge is 0.369 e. The highest BCUT2D eigenvalue weighted by Gasteiger charge is 2.29. The van der Waals surface area contributed by atoms with E-state index in [1.807, 2.05) is 18.8 Å². The molecule has 6 nitrogen and oxygen atoms in total. The molecule has 1 unspecified atom stereocenters. The van der Waals surface area contributed by atoms with Gasteiger partial charge in [-0.15, -0.1) is 0 Å². The first kappa shape index (κ1) is 18.1. The highest BCUT2D eigenvalue weighted by molar-refractivity contribution is 5.75. The molecule has 1 aromatic heterocycles.